The monoisotopic (exact) mass is 262 g/mol. The van der Waals surface area contributed by atoms with Crippen molar-refractivity contribution in [1.29, 1.82) is 0 Å². The first-order valence-electron chi connectivity index (χ1n) is 5.65. The van der Waals surface area contributed by atoms with E-state index in [1.165, 1.54) is 16.9 Å². The highest BCUT2D eigenvalue weighted by Crippen LogP contribution is 2.08. The number of benzene rings is 1. The summed E-state index contributed by atoms with van der Waals surface area (Å²) in [5.41, 5.74) is 2.17. The minimum absolute atomic E-state index is 0.332. The van der Waals surface area contributed by atoms with Gasteiger partial charge >= 0.3 is 6.09 Å². The van der Waals surface area contributed by atoms with Crippen molar-refractivity contribution in [2.24, 2.45) is 4.99 Å². The Morgan fingerprint density at radius 2 is 2.11 bits per heavy atom. The quantitative estimate of drug-likeness (QED) is 0.835. The van der Waals surface area contributed by atoms with Crippen LogP contribution >= 0.6 is 11.3 Å². The normalized spacial score (nSPS) is 11.6. The molecule has 0 atom stereocenters. The molecule has 0 fully saturated rings. The summed E-state index contributed by atoms with van der Waals surface area (Å²) >= 11 is 1.40. The van der Waals surface area contributed by atoms with Gasteiger partial charge in [-0.15, -0.1) is 16.3 Å². The van der Waals surface area contributed by atoms with Crippen LogP contribution in [0.25, 0.3) is 5.69 Å². The number of amides is 1. The predicted octanol–water partition coefficient (Wildman–Crippen LogP) is 2.90. The first kappa shape index (κ1) is 12.6. The standard InChI is InChI=1S/C13H14N2O2S/c1-3-17-13(16)14-12-15(8-9-18-12)11-6-4-10(2)5-7-11/h4-9H,3H2,1-2H3/b14-12-. The first-order chi connectivity index (χ1) is 8.70. The zero-order valence-electron chi connectivity index (χ0n) is 10.3. The number of hydrogen-bond donors (Lipinski definition) is 0. The van der Waals surface area contributed by atoms with E-state index in [1.54, 1.807) is 6.92 Å². The van der Waals surface area contributed by atoms with Gasteiger partial charge in [0.2, 0.25) is 4.80 Å². The number of hydrogen-bond acceptors (Lipinski definition) is 3. The molecule has 94 valence electrons. The summed E-state index contributed by atoms with van der Waals surface area (Å²) in [7, 11) is 0. The van der Waals surface area contributed by atoms with Crippen LogP contribution in [0.3, 0.4) is 0 Å². The highest BCUT2D eigenvalue weighted by Gasteiger charge is 2.02. The predicted molar refractivity (Wildman–Crippen MR) is 71.0 cm³/mol. The third-order valence-electron chi connectivity index (χ3n) is 2.36. The van der Waals surface area contributed by atoms with Gasteiger partial charge in [-0.1, -0.05) is 17.7 Å². The summed E-state index contributed by atoms with van der Waals surface area (Å²) in [5.74, 6) is 0. The zero-order chi connectivity index (χ0) is 13.0. The Morgan fingerprint density at radius 3 is 2.78 bits per heavy atom. The van der Waals surface area contributed by atoms with E-state index in [1.807, 2.05) is 47.3 Å². The molecule has 4 nitrogen and oxygen atoms in total. The second kappa shape index (κ2) is 5.64. The van der Waals surface area contributed by atoms with Crippen LogP contribution in [-0.4, -0.2) is 17.3 Å². The molecular formula is C13H14N2O2S. The van der Waals surface area contributed by atoms with Crippen LogP contribution in [0, 0.1) is 6.92 Å². The van der Waals surface area contributed by atoms with Crippen LogP contribution < -0.4 is 4.80 Å². The summed E-state index contributed by atoms with van der Waals surface area (Å²) in [6.07, 6.45) is 1.33. The van der Waals surface area contributed by atoms with Gasteiger partial charge in [0.15, 0.2) is 0 Å². The van der Waals surface area contributed by atoms with Crippen molar-refractivity contribution >= 4 is 17.4 Å². The first-order valence-corrected chi connectivity index (χ1v) is 6.53. The average Bonchev–Trinajstić information content (AvgIpc) is 2.78. The van der Waals surface area contributed by atoms with Crippen molar-refractivity contribution in [3.05, 3.63) is 46.2 Å². The SMILES string of the molecule is CCOC(=O)/N=c1\sccn1-c1ccc(C)cc1. The number of nitrogens with zero attached hydrogens (tertiary/aromatic N) is 2. The van der Waals surface area contributed by atoms with Crippen LogP contribution in [0.5, 0.6) is 0 Å². The van der Waals surface area contributed by atoms with Crippen molar-refractivity contribution in [2.45, 2.75) is 13.8 Å². The molecule has 0 aliphatic heterocycles. The second-order valence-corrected chi connectivity index (χ2v) is 4.57. The van der Waals surface area contributed by atoms with Gasteiger partial charge in [0.1, 0.15) is 0 Å². The Morgan fingerprint density at radius 1 is 1.39 bits per heavy atom. The lowest BCUT2D eigenvalue weighted by Crippen LogP contribution is -2.15. The minimum Gasteiger partial charge on any atom is -0.448 e. The zero-order valence-corrected chi connectivity index (χ0v) is 11.1. The molecule has 0 aliphatic rings. The van der Waals surface area contributed by atoms with Gasteiger partial charge in [-0.3, -0.25) is 4.57 Å². The van der Waals surface area contributed by atoms with Gasteiger partial charge in [-0.2, -0.15) is 0 Å². The molecule has 0 aliphatic carbocycles. The lowest BCUT2D eigenvalue weighted by molar-refractivity contribution is 0.162. The molecule has 0 saturated heterocycles. The average molecular weight is 262 g/mol. The van der Waals surface area contributed by atoms with Crippen LogP contribution in [0.1, 0.15) is 12.5 Å². The topological polar surface area (TPSA) is 43.6 Å². The van der Waals surface area contributed by atoms with Gasteiger partial charge in [0.25, 0.3) is 0 Å². The summed E-state index contributed by atoms with van der Waals surface area (Å²) in [6, 6.07) is 8.03. The van der Waals surface area contributed by atoms with Gasteiger partial charge in [-0.05, 0) is 26.0 Å². The fourth-order valence-corrected chi connectivity index (χ4v) is 2.20. The Labute approximate surface area is 109 Å². The number of aryl methyl sites for hydroxylation is 1. The molecule has 2 rings (SSSR count). The van der Waals surface area contributed by atoms with Crippen LogP contribution in [0.4, 0.5) is 4.79 Å². The molecule has 18 heavy (non-hydrogen) atoms. The Hall–Kier alpha value is -1.88. The van der Waals surface area contributed by atoms with E-state index in [2.05, 4.69) is 4.99 Å². The number of aromatic nitrogens is 1. The molecule has 0 spiro atoms. The molecule has 5 heteroatoms. The summed E-state index contributed by atoms with van der Waals surface area (Å²) in [4.78, 5) is 15.9. The number of rotatable bonds is 2. The largest absolute Gasteiger partial charge is 0.448 e. The number of carbonyl (C=O) groups is 1. The lowest BCUT2D eigenvalue weighted by Gasteiger charge is -2.02. The van der Waals surface area contributed by atoms with Gasteiger partial charge < -0.3 is 4.74 Å². The molecule has 0 saturated carbocycles. The van der Waals surface area contributed by atoms with Gasteiger partial charge in [0.05, 0.1) is 6.61 Å². The molecule has 2 aromatic rings. The molecule has 0 unspecified atom stereocenters. The summed E-state index contributed by atoms with van der Waals surface area (Å²) < 4.78 is 6.68. The Bertz CT molecular complexity index is 596. The highest BCUT2D eigenvalue weighted by molar-refractivity contribution is 7.07. The smallest absolute Gasteiger partial charge is 0.436 e. The molecule has 0 radical (unpaired) electrons. The van der Waals surface area contributed by atoms with E-state index < -0.39 is 6.09 Å². The van der Waals surface area contributed by atoms with Crippen molar-refractivity contribution in [3.63, 3.8) is 0 Å². The second-order valence-electron chi connectivity index (χ2n) is 3.70. The molecule has 1 amide bonds. The van der Waals surface area contributed by atoms with E-state index in [9.17, 15) is 4.79 Å². The van der Waals surface area contributed by atoms with E-state index in [4.69, 9.17) is 4.74 Å². The maximum Gasteiger partial charge on any atom is 0.436 e. The van der Waals surface area contributed by atoms with Crippen molar-refractivity contribution < 1.29 is 9.53 Å². The third kappa shape index (κ3) is 2.87. The number of thiazole rings is 1. The summed E-state index contributed by atoms with van der Waals surface area (Å²) in [5, 5.41) is 1.89. The van der Waals surface area contributed by atoms with E-state index in [0.29, 0.717) is 11.4 Å². The van der Waals surface area contributed by atoms with Crippen LogP contribution in [-0.2, 0) is 4.74 Å². The molecule has 1 aromatic heterocycles. The molecule has 0 N–H and O–H groups in total. The highest BCUT2D eigenvalue weighted by atomic mass is 32.1. The number of ether oxygens (including phenoxy) is 1. The van der Waals surface area contributed by atoms with Crippen LogP contribution in [0.15, 0.2) is 40.8 Å². The maximum absolute atomic E-state index is 11.4. The summed E-state index contributed by atoms with van der Waals surface area (Å²) in [6.45, 7) is 4.13. The lowest BCUT2D eigenvalue weighted by atomic mass is 10.2. The van der Waals surface area contributed by atoms with E-state index in [0.717, 1.165) is 5.69 Å². The van der Waals surface area contributed by atoms with Gasteiger partial charge in [-0.25, -0.2) is 4.79 Å². The molecular weight excluding hydrogens is 248 g/mol. The van der Waals surface area contributed by atoms with Crippen LogP contribution in [0.2, 0.25) is 0 Å². The van der Waals surface area contributed by atoms with E-state index in [-0.39, 0.29) is 0 Å². The van der Waals surface area contributed by atoms with E-state index >= 15 is 0 Å². The fraction of sp³-hybridized carbons (Fsp3) is 0.231. The minimum atomic E-state index is -0.555. The Kier molecular flexibility index (Phi) is 3.94. The third-order valence-corrected chi connectivity index (χ3v) is 3.11. The van der Waals surface area contributed by atoms with Crippen molar-refractivity contribution in [3.8, 4) is 5.69 Å². The van der Waals surface area contributed by atoms with Crippen molar-refractivity contribution in [1.82, 2.24) is 4.57 Å². The maximum atomic E-state index is 11.4. The molecule has 0 bridgehead atoms. The fourth-order valence-electron chi connectivity index (χ4n) is 1.49. The number of carbonyl (C=O) groups excluding carboxylic acids is 1. The Balaban J connectivity index is 2.39. The van der Waals surface area contributed by atoms with Gasteiger partial charge in [0, 0.05) is 17.3 Å². The molecule has 1 aromatic carbocycles. The molecule has 1 heterocycles. The van der Waals surface area contributed by atoms with Crippen molar-refractivity contribution in [2.75, 3.05) is 6.61 Å².